The fourth-order valence-corrected chi connectivity index (χ4v) is 4.68. The van der Waals surface area contributed by atoms with Crippen LogP contribution in [0.5, 0.6) is 0 Å². The third-order valence-electron chi connectivity index (χ3n) is 5.76. The Morgan fingerprint density at radius 2 is 1.69 bits per heavy atom. The Morgan fingerprint density at radius 3 is 2.38 bits per heavy atom. The summed E-state index contributed by atoms with van der Waals surface area (Å²) in [5.41, 5.74) is 3.40. The molecule has 1 aliphatic heterocycles. The zero-order valence-electron chi connectivity index (χ0n) is 15.7. The Morgan fingerprint density at radius 1 is 1.00 bits per heavy atom. The molecule has 1 fully saturated rings. The van der Waals surface area contributed by atoms with Gasteiger partial charge in [0.15, 0.2) is 11.6 Å². The first kappa shape index (κ1) is 17.6. The Kier molecular flexibility index (Phi) is 4.16. The van der Waals surface area contributed by atoms with Crippen molar-refractivity contribution in [1.29, 1.82) is 0 Å². The van der Waals surface area contributed by atoms with E-state index in [4.69, 9.17) is 4.74 Å². The Hall–Kier alpha value is -1.78. The van der Waals surface area contributed by atoms with E-state index in [2.05, 4.69) is 37.8 Å². The average molecular weight is 357 g/mol. The summed E-state index contributed by atoms with van der Waals surface area (Å²) in [7, 11) is 1.97. The topological polar surface area (TPSA) is 12.5 Å². The van der Waals surface area contributed by atoms with Crippen LogP contribution in [0.1, 0.15) is 61.1 Å². The summed E-state index contributed by atoms with van der Waals surface area (Å²) in [5, 5.41) is 0. The van der Waals surface area contributed by atoms with E-state index < -0.39 is 11.6 Å². The molecule has 0 bridgehead atoms. The van der Waals surface area contributed by atoms with Crippen LogP contribution >= 0.6 is 0 Å². The molecule has 0 saturated carbocycles. The molecule has 2 aromatic carbocycles. The molecular formula is C22H25F2NO. The van der Waals surface area contributed by atoms with Crippen molar-refractivity contribution in [2.24, 2.45) is 5.41 Å². The van der Waals surface area contributed by atoms with Crippen LogP contribution < -0.4 is 0 Å². The monoisotopic (exact) mass is 357 g/mol. The maximum Gasteiger partial charge on any atom is 0.164 e. The first-order chi connectivity index (χ1) is 12.3. The second kappa shape index (κ2) is 6.14. The molecule has 2 aromatic rings. The van der Waals surface area contributed by atoms with Crippen LogP contribution in [0.3, 0.4) is 0 Å². The van der Waals surface area contributed by atoms with Crippen LogP contribution in [0.2, 0.25) is 0 Å². The summed E-state index contributed by atoms with van der Waals surface area (Å²) in [6.07, 6.45) is -0.299. The minimum atomic E-state index is -0.792. The minimum Gasteiger partial charge on any atom is -0.370 e. The van der Waals surface area contributed by atoms with Gasteiger partial charge in [-0.15, -0.1) is 0 Å². The highest BCUT2D eigenvalue weighted by Crippen LogP contribution is 2.53. The molecule has 0 radical (unpaired) electrons. The molecule has 0 amide bonds. The van der Waals surface area contributed by atoms with Crippen molar-refractivity contribution in [2.45, 2.75) is 38.8 Å². The summed E-state index contributed by atoms with van der Waals surface area (Å²) in [6, 6.07) is 10.9. The average Bonchev–Trinajstić information content (AvgIpc) is 2.71. The number of halogens is 2. The van der Waals surface area contributed by atoms with E-state index in [1.165, 1.54) is 6.07 Å². The molecule has 1 heterocycles. The van der Waals surface area contributed by atoms with Gasteiger partial charge >= 0.3 is 0 Å². The highest BCUT2D eigenvalue weighted by Gasteiger charge is 2.44. The lowest BCUT2D eigenvalue weighted by Crippen LogP contribution is -2.39. The first-order valence-electron chi connectivity index (χ1n) is 9.19. The quantitative estimate of drug-likeness (QED) is 0.642. The predicted molar refractivity (Wildman–Crippen MR) is 98.2 cm³/mol. The molecule has 0 spiro atoms. The van der Waals surface area contributed by atoms with Crippen molar-refractivity contribution in [3.05, 3.63) is 70.3 Å². The normalized spacial score (nSPS) is 25.8. The number of nitrogens with zero attached hydrogens (tertiary/aromatic N) is 1. The van der Waals surface area contributed by atoms with E-state index >= 15 is 4.39 Å². The van der Waals surface area contributed by atoms with Crippen LogP contribution in [0.25, 0.3) is 0 Å². The van der Waals surface area contributed by atoms with Crippen LogP contribution in [0.4, 0.5) is 8.78 Å². The number of benzene rings is 2. The third kappa shape index (κ3) is 2.58. The molecule has 4 heteroatoms. The van der Waals surface area contributed by atoms with Gasteiger partial charge in [0.2, 0.25) is 0 Å². The van der Waals surface area contributed by atoms with Crippen molar-refractivity contribution in [3.63, 3.8) is 0 Å². The van der Waals surface area contributed by atoms with Crippen molar-refractivity contribution in [1.82, 2.24) is 4.90 Å². The fraction of sp³-hybridized carbons (Fsp3) is 0.455. The van der Waals surface area contributed by atoms with E-state index in [1.807, 2.05) is 19.2 Å². The van der Waals surface area contributed by atoms with E-state index in [0.29, 0.717) is 18.7 Å². The largest absolute Gasteiger partial charge is 0.370 e. The van der Waals surface area contributed by atoms with Gasteiger partial charge in [0.1, 0.15) is 6.10 Å². The zero-order chi connectivity index (χ0) is 18.6. The van der Waals surface area contributed by atoms with E-state index in [9.17, 15) is 4.39 Å². The van der Waals surface area contributed by atoms with E-state index in [1.54, 1.807) is 6.07 Å². The number of ether oxygens (including phenoxy) is 1. The second-order valence-corrected chi connectivity index (χ2v) is 8.51. The van der Waals surface area contributed by atoms with Crippen LogP contribution in [0.15, 0.2) is 36.4 Å². The molecule has 0 aromatic heterocycles. The Labute approximate surface area is 153 Å². The van der Waals surface area contributed by atoms with Gasteiger partial charge < -0.3 is 4.74 Å². The Bertz CT molecular complexity index is 843. The lowest BCUT2D eigenvalue weighted by molar-refractivity contribution is -0.0662. The molecule has 4 rings (SSSR count). The SMILES string of the molecule is CN1CCOC2c3ccccc3C(C(C)(C)C)c3ccc(F)c(F)c3C21. The lowest BCUT2D eigenvalue weighted by atomic mass is 9.71. The smallest absolute Gasteiger partial charge is 0.164 e. The summed E-state index contributed by atoms with van der Waals surface area (Å²) < 4.78 is 35.5. The van der Waals surface area contributed by atoms with Crippen LogP contribution in [-0.2, 0) is 4.74 Å². The third-order valence-corrected chi connectivity index (χ3v) is 5.76. The van der Waals surface area contributed by atoms with Crippen LogP contribution in [-0.4, -0.2) is 25.1 Å². The summed E-state index contributed by atoms with van der Waals surface area (Å²) in [6.45, 7) is 7.73. The minimum absolute atomic E-state index is 0.0357. The van der Waals surface area contributed by atoms with E-state index in [0.717, 1.165) is 16.7 Å². The van der Waals surface area contributed by atoms with Gasteiger partial charge in [0, 0.05) is 18.0 Å². The molecule has 2 nitrogen and oxygen atoms in total. The molecule has 0 N–H and O–H groups in total. The summed E-state index contributed by atoms with van der Waals surface area (Å²) in [4.78, 5) is 2.09. The highest BCUT2D eigenvalue weighted by molar-refractivity contribution is 5.50. The number of hydrogen-bond donors (Lipinski definition) is 0. The standard InChI is InChI=1S/C22H25F2NO/c1-22(2,3)18-13-7-5-6-8-14(13)21-20(25(4)11-12-26-21)17-15(18)9-10-16(23)19(17)24/h5-10,18,20-21H,11-12H2,1-4H3. The second-order valence-electron chi connectivity index (χ2n) is 8.51. The van der Waals surface area contributed by atoms with Gasteiger partial charge in [-0.3, -0.25) is 4.90 Å². The highest BCUT2D eigenvalue weighted by atomic mass is 19.2. The lowest BCUT2D eigenvalue weighted by Gasteiger charge is -2.39. The van der Waals surface area contributed by atoms with E-state index in [-0.39, 0.29) is 23.5 Å². The maximum absolute atomic E-state index is 15.1. The molecular weight excluding hydrogens is 332 g/mol. The van der Waals surface area contributed by atoms with Crippen molar-refractivity contribution in [2.75, 3.05) is 20.2 Å². The first-order valence-corrected chi connectivity index (χ1v) is 9.19. The molecule has 26 heavy (non-hydrogen) atoms. The molecule has 3 atom stereocenters. The predicted octanol–water partition coefficient (Wildman–Crippen LogP) is 5.20. The van der Waals surface area contributed by atoms with Crippen molar-refractivity contribution in [3.8, 4) is 0 Å². The van der Waals surface area contributed by atoms with Gasteiger partial charge in [-0.1, -0.05) is 51.1 Å². The van der Waals surface area contributed by atoms with Gasteiger partial charge in [0.25, 0.3) is 0 Å². The number of rotatable bonds is 0. The summed E-state index contributed by atoms with van der Waals surface area (Å²) >= 11 is 0. The number of likely N-dealkylation sites (N-methyl/N-ethyl adjacent to an activating group) is 1. The number of hydrogen-bond acceptors (Lipinski definition) is 2. The molecule has 1 saturated heterocycles. The van der Waals surface area contributed by atoms with Gasteiger partial charge in [0.05, 0.1) is 12.6 Å². The number of morpholine rings is 1. The Balaban J connectivity index is 2.09. The number of fused-ring (bicyclic) bond motifs is 5. The fourth-order valence-electron chi connectivity index (χ4n) is 4.68. The molecule has 3 unspecified atom stereocenters. The molecule has 138 valence electrons. The van der Waals surface area contributed by atoms with Gasteiger partial charge in [-0.2, -0.15) is 0 Å². The maximum atomic E-state index is 15.1. The van der Waals surface area contributed by atoms with Crippen LogP contribution in [0, 0.1) is 17.0 Å². The van der Waals surface area contributed by atoms with Gasteiger partial charge in [-0.25, -0.2) is 8.78 Å². The van der Waals surface area contributed by atoms with Gasteiger partial charge in [-0.05, 0) is 35.2 Å². The molecule has 1 aliphatic carbocycles. The molecule has 2 aliphatic rings. The van der Waals surface area contributed by atoms with Crippen molar-refractivity contribution >= 4 is 0 Å². The summed E-state index contributed by atoms with van der Waals surface area (Å²) in [5.74, 6) is -1.57. The zero-order valence-corrected chi connectivity index (χ0v) is 15.7. The van der Waals surface area contributed by atoms with Crippen molar-refractivity contribution < 1.29 is 13.5 Å².